The summed E-state index contributed by atoms with van der Waals surface area (Å²) in [7, 11) is 0. The first-order valence-corrected chi connectivity index (χ1v) is 6.62. The van der Waals surface area contributed by atoms with Gasteiger partial charge in [0.1, 0.15) is 5.75 Å². The highest BCUT2D eigenvalue weighted by molar-refractivity contribution is 5.83. The molecule has 18 heavy (non-hydrogen) atoms. The number of nitrogens with one attached hydrogen (secondary N) is 1. The van der Waals surface area contributed by atoms with Crippen molar-refractivity contribution in [3.8, 4) is 5.75 Å². The van der Waals surface area contributed by atoms with Crippen LogP contribution in [0.3, 0.4) is 0 Å². The van der Waals surface area contributed by atoms with E-state index in [2.05, 4.69) is 52.1 Å². The number of anilines is 1. The molecule has 1 aromatic carbocycles. The van der Waals surface area contributed by atoms with E-state index in [1.54, 1.807) is 6.07 Å². The Hall–Kier alpha value is -1.44. The highest BCUT2D eigenvalue weighted by Gasteiger charge is 2.24. The number of rotatable bonds is 0. The van der Waals surface area contributed by atoms with Gasteiger partial charge in [0.15, 0.2) is 0 Å². The molecule has 0 fully saturated rings. The van der Waals surface area contributed by atoms with E-state index in [9.17, 15) is 5.11 Å². The van der Waals surface area contributed by atoms with Crippen molar-refractivity contribution in [3.05, 3.63) is 29.3 Å². The van der Waals surface area contributed by atoms with Crippen LogP contribution in [0.4, 0.5) is 5.69 Å². The Morgan fingerprint density at radius 1 is 1.17 bits per heavy atom. The van der Waals surface area contributed by atoms with E-state index in [0.717, 1.165) is 16.8 Å². The molecule has 0 atom stereocenters. The van der Waals surface area contributed by atoms with Crippen LogP contribution in [0.25, 0.3) is 5.57 Å². The average Bonchev–Trinajstić information content (AvgIpc) is 2.20. The third-order valence-corrected chi connectivity index (χ3v) is 2.71. The number of phenolic OH excluding ortho intramolecular Hbond substituents is 1. The second-order valence-electron chi connectivity index (χ2n) is 5.59. The molecule has 1 aliphatic heterocycles. The van der Waals surface area contributed by atoms with Crippen molar-refractivity contribution < 1.29 is 5.11 Å². The maximum Gasteiger partial charge on any atom is 0.139 e. The fraction of sp³-hybridized carbons (Fsp3) is 0.500. The molecule has 1 aromatic rings. The maximum atomic E-state index is 9.90. The first kappa shape index (κ1) is 14.6. The molecule has 0 aliphatic carbocycles. The van der Waals surface area contributed by atoms with Crippen LogP contribution in [0, 0.1) is 6.92 Å². The molecule has 0 saturated heterocycles. The van der Waals surface area contributed by atoms with E-state index >= 15 is 0 Å². The van der Waals surface area contributed by atoms with Crippen LogP contribution in [-0.2, 0) is 0 Å². The highest BCUT2D eigenvalue weighted by Crippen LogP contribution is 2.39. The number of hydrogen-bond donors (Lipinski definition) is 2. The van der Waals surface area contributed by atoms with Crippen LogP contribution in [0.2, 0.25) is 0 Å². The van der Waals surface area contributed by atoms with E-state index in [1.165, 1.54) is 12.0 Å². The summed E-state index contributed by atoms with van der Waals surface area (Å²) in [5, 5.41) is 13.2. The lowest BCUT2D eigenvalue weighted by molar-refractivity contribution is 0.474. The van der Waals surface area contributed by atoms with Crippen LogP contribution in [0.15, 0.2) is 18.2 Å². The Morgan fingerprint density at radius 3 is 2.28 bits per heavy atom. The summed E-state index contributed by atoms with van der Waals surface area (Å²) >= 11 is 0. The van der Waals surface area contributed by atoms with Gasteiger partial charge >= 0.3 is 0 Å². The Bertz CT molecular complexity index is 458. The molecule has 2 nitrogen and oxygen atoms in total. The fourth-order valence-corrected chi connectivity index (χ4v) is 2.19. The molecule has 0 aromatic heterocycles. The molecule has 0 unspecified atom stereocenters. The lowest BCUT2D eigenvalue weighted by Gasteiger charge is -2.32. The molecule has 2 rings (SSSR count). The minimum Gasteiger partial charge on any atom is -0.506 e. The SMILES string of the molecule is CC1=CC(C)(C)Nc2c(O)cc(C)cc21.CCC. The zero-order valence-electron chi connectivity index (χ0n) is 12.4. The number of allylic oxidation sites excluding steroid dienone is 1. The van der Waals surface area contributed by atoms with Gasteiger partial charge in [-0.05, 0) is 51.0 Å². The molecule has 1 heterocycles. The standard InChI is InChI=1S/C13H17NO.C3H8/c1-8-5-10-9(2)7-13(3,4)14-12(10)11(15)6-8;1-3-2/h5-7,14-15H,1-4H3;3H2,1-2H3. The van der Waals surface area contributed by atoms with Crippen LogP contribution >= 0.6 is 0 Å². The second-order valence-corrected chi connectivity index (χ2v) is 5.59. The Balaban J connectivity index is 0.000000492. The van der Waals surface area contributed by atoms with Crippen LogP contribution in [0.5, 0.6) is 5.75 Å². The largest absolute Gasteiger partial charge is 0.506 e. The molecule has 0 amide bonds. The summed E-state index contributed by atoms with van der Waals surface area (Å²) in [6.07, 6.45) is 3.44. The summed E-state index contributed by atoms with van der Waals surface area (Å²) < 4.78 is 0. The van der Waals surface area contributed by atoms with Crippen LogP contribution in [-0.4, -0.2) is 10.6 Å². The fourth-order valence-electron chi connectivity index (χ4n) is 2.19. The van der Waals surface area contributed by atoms with Gasteiger partial charge in [0, 0.05) is 5.56 Å². The average molecular weight is 247 g/mol. The van der Waals surface area contributed by atoms with Crippen molar-refractivity contribution in [2.24, 2.45) is 0 Å². The van der Waals surface area contributed by atoms with Crippen molar-refractivity contribution in [1.82, 2.24) is 0 Å². The lowest BCUT2D eigenvalue weighted by Crippen LogP contribution is -2.31. The summed E-state index contributed by atoms with van der Waals surface area (Å²) in [5.41, 5.74) is 4.16. The van der Waals surface area contributed by atoms with Crippen molar-refractivity contribution in [1.29, 1.82) is 0 Å². The molecular weight excluding hydrogens is 222 g/mol. The third kappa shape index (κ3) is 3.28. The first-order chi connectivity index (χ1) is 8.30. The molecule has 0 radical (unpaired) electrons. The number of aromatic hydroxyl groups is 1. The first-order valence-electron chi connectivity index (χ1n) is 6.62. The topological polar surface area (TPSA) is 32.3 Å². The van der Waals surface area contributed by atoms with Gasteiger partial charge in [-0.25, -0.2) is 0 Å². The second kappa shape index (κ2) is 5.47. The molecule has 1 aliphatic rings. The molecule has 2 N–H and O–H groups in total. The zero-order chi connectivity index (χ0) is 13.9. The van der Waals surface area contributed by atoms with Gasteiger partial charge in [-0.1, -0.05) is 26.3 Å². The molecule has 0 saturated carbocycles. The zero-order valence-corrected chi connectivity index (χ0v) is 12.4. The number of hydrogen-bond acceptors (Lipinski definition) is 2. The Kier molecular flexibility index (Phi) is 4.44. The Morgan fingerprint density at radius 2 is 1.72 bits per heavy atom. The van der Waals surface area contributed by atoms with Gasteiger partial charge < -0.3 is 10.4 Å². The number of phenols is 1. The van der Waals surface area contributed by atoms with E-state index in [-0.39, 0.29) is 5.54 Å². The number of benzene rings is 1. The maximum absolute atomic E-state index is 9.90. The van der Waals surface area contributed by atoms with Crippen molar-refractivity contribution >= 4 is 11.3 Å². The van der Waals surface area contributed by atoms with Gasteiger partial charge in [0.25, 0.3) is 0 Å². The minimum atomic E-state index is -0.0934. The highest BCUT2D eigenvalue weighted by atomic mass is 16.3. The molecular formula is C16H25NO. The van der Waals surface area contributed by atoms with Gasteiger partial charge in [-0.15, -0.1) is 0 Å². The van der Waals surface area contributed by atoms with E-state index < -0.39 is 0 Å². The quantitative estimate of drug-likeness (QED) is 0.650. The molecule has 2 heteroatoms. The van der Waals surface area contributed by atoms with E-state index in [1.807, 2.05) is 6.92 Å². The van der Waals surface area contributed by atoms with Crippen LogP contribution < -0.4 is 5.32 Å². The van der Waals surface area contributed by atoms with Crippen LogP contribution in [0.1, 0.15) is 52.2 Å². The monoisotopic (exact) mass is 247 g/mol. The summed E-state index contributed by atoms with van der Waals surface area (Å²) in [4.78, 5) is 0. The summed E-state index contributed by atoms with van der Waals surface area (Å²) in [6, 6.07) is 3.89. The van der Waals surface area contributed by atoms with Gasteiger partial charge in [0.05, 0.1) is 11.2 Å². The van der Waals surface area contributed by atoms with Gasteiger partial charge in [-0.2, -0.15) is 0 Å². The Labute approximate surface area is 111 Å². The molecule has 100 valence electrons. The molecule has 0 bridgehead atoms. The summed E-state index contributed by atoms with van der Waals surface area (Å²) in [6.45, 7) is 12.5. The lowest BCUT2D eigenvalue weighted by atomic mass is 9.90. The van der Waals surface area contributed by atoms with Crippen molar-refractivity contribution in [2.45, 2.75) is 53.5 Å². The van der Waals surface area contributed by atoms with Crippen molar-refractivity contribution in [2.75, 3.05) is 5.32 Å². The van der Waals surface area contributed by atoms with Crippen molar-refractivity contribution in [3.63, 3.8) is 0 Å². The number of aryl methyl sites for hydroxylation is 1. The summed E-state index contributed by atoms with van der Waals surface area (Å²) in [5.74, 6) is 0.338. The minimum absolute atomic E-state index is 0.0934. The predicted octanol–water partition coefficient (Wildman–Crippen LogP) is 4.72. The van der Waals surface area contributed by atoms with E-state index in [4.69, 9.17) is 0 Å². The smallest absolute Gasteiger partial charge is 0.139 e. The normalized spacial score (nSPS) is 15.8. The van der Waals surface area contributed by atoms with E-state index in [0.29, 0.717) is 5.75 Å². The molecule has 0 spiro atoms. The van der Waals surface area contributed by atoms with Gasteiger partial charge in [-0.3, -0.25) is 0 Å². The number of fused-ring (bicyclic) bond motifs is 1. The third-order valence-electron chi connectivity index (χ3n) is 2.71. The predicted molar refractivity (Wildman–Crippen MR) is 80.2 cm³/mol. The van der Waals surface area contributed by atoms with Gasteiger partial charge in [0.2, 0.25) is 0 Å².